The van der Waals surface area contributed by atoms with Gasteiger partial charge in [0.1, 0.15) is 0 Å². The number of nitrogens with one attached hydrogen (secondary N) is 1. The second kappa shape index (κ2) is 10.4. The van der Waals surface area contributed by atoms with Crippen LogP contribution in [0.1, 0.15) is 51.9 Å². The van der Waals surface area contributed by atoms with Crippen molar-refractivity contribution >= 4 is 18.3 Å². The largest absolute Gasteiger partial charge is 0.378 e. The van der Waals surface area contributed by atoms with Gasteiger partial charge in [-0.05, 0) is 57.5 Å². The average molecular weight is 319 g/mol. The van der Waals surface area contributed by atoms with Crippen LogP contribution in [0.5, 0.6) is 0 Å². The first-order valence-corrected chi connectivity index (χ1v) is 8.39. The smallest absolute Gasteiger partial charge is 0.222 e. The van der Waals surface area contributed by atoms with Gasteiger partial charge in [-0.2, -0.15) is 0 Å². The third kappa shape index (κ3) is 6.54. The van der Waals surface area contributed by atoms with Crippen LogP contribution < -0.4 is 5.32 Å². The highest BCUT2D eigenvalue weighted by Crippen LogP contribution is 2.18. The van der Waals surface area contributed by atoms with Crippen molar-refractivity contribution < 1.29 is 9.53 Å². The van der Waals surface area contributed by atoms with Gasteiger partial charge in [0.2, 0.25) is 5.91 Å². The topological polar surface area (TPSA) is 41.6 Å². The number of likely N-dealkylation sites (tertiary alicyclic amines) is 1. The lowest BCUT2D eigenvalue weighted by molar-refractivity contribution is -0.131. The Kier molecular flexibility index (Phi) is 9.29. The van der Waals surface area contributed by atoms with Crippen LogP contribution >= 0.6 is 12.4 Å². The molecule has 0 bridgehead atoms. The molecule has 0 aliphatic carbocycles. The van der Waals surface area contributed by atoms with Crippen LogP contribution in [0.3, 0.4) is 0 Å². The lowest BCUT2D eigenvalue weighted by Crippen LogP contribution is -2.32. The van der Waals surface area contributed by atoms with Crippen LogP contribution in [0.2, 0.25) is 0 Å². The Balaban J connectivity index is 0.00000220. The van der Waals surface area contributed by atoms with Crippen molar-refractivity contribution in [3.05, 3.63) is 0 Å². The normalized spacial score (nSPS) is 26.2. The lowest BCUT2D eigenvalue weighted by atomic mass is 10.0. The summed E-state index contributed by atoms with van der Waals surface area (Å²) in [6.07, 6.45) is 7.67. The molecule has 0 aromatic carbocycles. The minimum Gasteiger partial charge on any atom is -0.378 e. The molecule has 0 spiro atoms. The standard InChI is InChI=1S/C16H30N2O2.ClH/c1-2-12-20-15-4-3-10-18(11-8-15)16(19)6-5-14-7-9-17-13-14;/h14-15,17H,2-13H2,1H3;1H. The van der Waals surface area contributed by atoms with Gasteiger partial charge in [0, 0.05) is 26.1 Å². The zero-order chi connectivity index (χ0) is 14.2. The van der Waals surface area contributed by atoms with Gasteiger partial charge >= 0.3 is 0 Å². The van der Waals surface area contributed by atoms with Crippen molar-refractivity contribution in [1.29, 1.82) is 0 Å². The van der Waals surface area contributed by atoms with Crippen LogP contribution in [0.15, 0.2) is 0 Å². The molecule has 0 saturated carbocycles. The molecule has 2 saturated heterocycles. The van der Waals surface area contributed by atoms with Crippen LogP contribution in [0.4, 0.5) is 0 Å². The Bertz CT molecular complexity index is 296. The van der Waals surface area contributed by atoms with E-state index >= 15 is 0 Å². The van der Waals surface area contributed by atoms with Crippen molar-refractivity contribution in [3.8, 4) is 0 Å². The predicted octanol–water partition coefficient (Wildman–Crippen LogP) is 2.61. The molecule has 2 aliphatic rings. The van der Waals surface area contributed by atoms with Gasteiger partial charge in [0.15, 0.2) is 0 Å². The van der Waals surface area contributed by atoms with Crippen molar-refractivity contribution in [1.82, 2.24) is 10.2 Å². The fraction of sp³-hybridized carbons (Fsp3) is 0.938. The number of ether oxygens (including phenoxy) is 1. The third-order valence-corrected chi connectivity index (χ3v) is 4.51. The maximum absolute atomic E-state index is 12.3. The minimum absolute atomic E-state index is 0. The maximum Gasteiger partial charge on any atom is 0.222 e. The predicted molar refractivity (Wildman–Crippen MR) is 87.9 cm³/mol. The Morgan fingerprint density at radius 1 is 1.29 bits per heavy atom. The number of rotatable bonds is 6. The van der Waals surface area contributed by atoms with Crippen molar-refractivity contribution in [2.24, 2.45) is 5.92 Å². The number of nitrogens with zero attached hydrogens (tertiary/aromatic N) is 1. The van der Waals surface area contributed by atoms with Gasteiger partial charge in [-0.3, -0.25) is 4.79 Å². The first-order chi connectivity index (χ1) is 9.79. The van der Waals surface area contributed by atoms with Crippen molar-refractivity contribution in [2.45, 2.75) is 58.0 Å². The number of carbonyl (C=O) groups excluding carboxylic acids is 1. The molecule has 2 atom stereocenters. The molecule has 2 unspecified atom stereocenters. The van der Waals surface area contributed by atoms with E-state index < -0.39 is 0 Å². The summed E-state index contributed by atoms with van der Waals surface area (Å²) in [6, 6.07) is 0. The maximum atomic E-state index is 12.3. The highest BCUT2D eigenvalue weighted by molar-refractivity contribution is 5.85. The zero-order valence-electron chi connectivity index (χ0n) is 13.3. The minimum atomic E-state index is 0. The molecule has 4 nitrogen and oxygen atoms in total. The molecule has 2 fully saturated rings. The molecule has 1 amide bonds. The van der Waals surface area contributed by atoms with E-state index in [0.29, 0.717) is 17.9 Å². The first-order valence-electron chi connectivity index (χ1n) is 8.39. The van der Waals surface area contributed by atoms with E-state index in [1.807, 2.05) is 0 Å². The molecule has 21 heavy (non-hydrogen) atoms. The van der Waals surface area contributed by atoms with Gasteiger partial charge < -0.3 is 15.0 Å². The zero-order valence-corrected chi connectivity index (χ0v) is 14.1. The Morgan fingerprint density at radius 2 is 2.14 bits per heavy atom. The van der Waals surface area contributed by atoms with E-state index in [0.717, 1.165) is 71.3 Å². The third-order valence-electron chi connectivity index (χ3n) is 4.51. The second-order valence-electron chi connectivity index (χ2n) is 6.20. The summed E-state index contributed by atoms with van der Waals surface area (Å²) in [6.45, 7) is 7.03. The highest BCUT2D eigenvalue weighted by atomic mass is 35.5. The van der Waals surface area contributed by atoms with Gasteiger partial charge in [-0.25, -0.2) is 0 Å². The van der Waals surface area contributed by atoms with E-state index in [9.17, 15) is 4.79 Å². The molecular weight excluding hydrogens is 288 g/mol. The Labute approximate surface area is 135 Å². The molecule has 5 heteroatoms. The highest BCUT2D eigenvalue weighted by Gasteiger charge is 2.22. The molecule has 0 aromatic heterocycles. The van der Waals surface area contributed by atoms with Gasteiger partial charge in [0.05, 0.1) is 6.10 Å². The molecular formula is C16H31ClN2O2. The molecule has 1 N–H and O–H groups in total. The van der Waals surface area contributed by atoms with Crippen molar-refractivity contribution in [3.63, 3.8) is 0 Å². The quantitative estimate of drug-likeness (QED) is 0.818. The molecule has 2 rings (SSSR count). The van der Waals surface area contributed by atoms with Crippen LogP contribution in [0.25, 0.3) is 0 Å². The summed E-state index contributed by atoms with van der Waals surface area (Å²) in [4.78, 5) is 14.4. The summed E-state index contributed by atoms with van der Waals surface area (Å²) in [5.74, 6) is 1.07. The molecule has 0 radical (unpaired) electrons. The van der Waals surface area contributed by atoms with E-state index in [1.54, 1.807) is 0 Å². The van der Waals surface area contributed by atoms with Gasteiger partial charge in [0.25, 0.3) is 0 Å². The summed E-state index contributed by atoms with van der Waals surface area (Å²) in [7, 11) is 0. The molecule has 2 aliphatic heterocycles. The number of hydrogen-bond acceptors (Lipinski definition) is 3. The summed E-state index contributed by atoms with van der Waals surface area (Å²) in [5, 5.41) is 3.37. The first kappa shape index (κ1) is 18.7. The fourth-order valence-electron chi connectivity index (χ4n) is 3.21. The summed E-state index contributed by atoms with van der Waals surface area (Å²) < 4.78 is 5.84. The van der Waals surface area contributed by atoms with E-state index in [2.05, 4.69) is 17.1 Å². The van der Waals surface area contributed by atoms with Crippen LogP contribution in [-0.4, -0.2) is 49.7 Å². The molecule has 124 valence electrons. The van der Waals surface area contributed by atoms with Crippen molar-refractivity contribution in [2.75, 3.05) is 32.8 Å². The number of hydrogen-bond donors (Lipinski definition) is 1. The SMILES string of the molecule is CCCOC1CCCN(C(=O)CCC2CCNC2)CC1.Cl. The number of amides is 1. The Hall–Kier alpha value is -0.320. The number of carbonyl (C=O) groups is 1. The van der Waals surface area contributed by atoms with E-state index in [1.165, 1.54) is 6.42 Å². The summed E-state index contributed by atoms with van der Waals surface area (Å²) >= 11 is 0. The second-order valence-corrected chi connectivity index (χ2v) is 6.20. The lowest BCUT2D eigenvalue weighted by Gasteiger charge is -2.21. The average Bonchev–Trinajstić information content (AvgIpc) is 2.87. The van der Waals surface area contributed by atoms with E-state index in [4.69, 9.17) is 4.74 Å². The van der Waals surface area contributed by atoms with Gasteiger partial charge in [-0.1, -0.05) is 6.92 Å². The molecule has 2 heterocycles. The Morgan fingerprint density at radius 3 is 2.86 bits per heavy atom. The van der Waals surface area contributed by atoms with Gasteiger partial charge in [-0.15, -0.1) is 12.4 Å². The van der Waals surface area contributed by atoms with Crippen LogP contribution in [-0.2, 0) is 9.53 Å². The van der Waals surface area contributed by atoms with E-state index in [-0.39, 0.29) is 12.4 Å². The molecule has 0 aromatic rings. The monoisotopic (exact) mass is 318 g/mol. The summed E-state index contributed by atoms with van der Waals surface area (Å²) in [5.41, 5.74) is 0. The van der Waals surface area contributed by atoms with Crippen LogP contribution in [0, 0.1) is 5.92 Å². The number of halogens is 1. The fourth-order valence-corrected chi connectivity index (χ4v) is 3.21.